The lowest BCUT2D eigenvalue weighted by atomic mass is 10.0. The summed E-state index contributed by atoms with van der Waals surface area (Å²) in [5.41, 5.74) is 0. The third-order valence-corrected chi connectivity index (χ3v) is 2.85. The molecule has 1 aliphatic heterocycles. The molecule has 0 amide bonds. The molecule has 1 aliphatic rings. The molecule has 0 saturated carbocycles. The normalized spacial score (nSPS) is 20.0. The van der Waals surface area contributed by atoms with Gasteiger partial charge in [-0.05, 0) is 18.3 Å². The van der Waals surface area contributed by atoms with E-state index in [1.165, 1.54) is 19.3 Å². The third-order valence-electron chi connectivity index (χ3n) is 2.85. The molecular weight excluding hydrogens is 234 g/mol. The highest BCUT2D eigenvalue weighted by Crippen LogP contribution is 2.14. The van der Waals surface area contributed by atoms with Crippen molar-refractivity contribution in [3.8, 4) is 12.3 Å². The van der Waals surface area contributed by atoms with Crippen molar-refractivity contribution in [1.29, 1.82) is 0 Å². The summed E-state index contributed by atoms with van der Waals surface area (Å²) in [7, 11) is 0. The Balaban J connectivity index is 0.000000711. The van der Waals surface area contributed by atoms with Gasteiger partial charge in [0.05, 0.1) is 19.3 Å². The maximum atomic E-state index is 5.73. The van der Waals surface area contributed by atoms with Crippen molar-refractivity contribution in [2.24, 2.45) is 11.8 Å². The van der Waals surface area contributed by atoms with Gasteiger partial charge in [-0.15, -0.1) is 6.42 Å². The van der Waals surface area contributed by atoms with Crippen LogP contribution in [-0.2, 0) is 4.74 Å². The van der Waals surface area contributed by atoms with Gasteiger partial charge in [0.25, 0.3) is 0 Å². The zero-order chi connectivity index (χ0) is 14.7. The van der Waals surface area contributed by atoms with E-state index in [1.54, 1.807) is 0 Å². The lowest BCUT2D eigenvalue weighted by Gasteiger charge is -2.31. The molecule has 0 bridgehead atoms. The van der Waals surface area contributed by atoms with Crippen LogP contribution in [0.1, 0.15) is 53.9 Å². The van der Waals surface area contributed by atoms with Gasteiger partial charge in [0, 0.05) is 13.1 Å². The molecule has 1 atom stereocenters. The van der Waals surface area contributed by atoms with Crippen LogP contribution in [0.25, 0.3) is 0 Å². The highest BCUT2D eigenvalue weighted by atomic mass is 16.5. The molecule has 0 aromatic heterocycles. The summed E-state index contributed by atoms with van der Waals surface area (Å²) in [4.78, 5) is 2.31. The quantitative estimate of drug-likeness (QED) is 0.702. The Labute approximate surface area is 120 Å². The molecule has 0 aliphatic carbocycles. The fourth-order valence-electron chi connectivity index (χ4n) is 1.98. The Morgan fingerprint density at radius 3 is 2.42 bits per heavy atom. The first kappa shape index (κ1) is 18.5. The second kappa shape index (κ2) is 11.3. The maximum absolute atomic E-state index is 5.73. The summed E-state index contributed by atoms with van der Waals surface area (Å²) in [6.45, 7) is 14.7. The number of rotatable bonds is 5. The first-order valence-electron chi connectivity index (χ1n) is 7.73. The predicted octanol–water partition coefficient (Wildman–Crippen LogP) is 3.81. The van der Waals surface area contributed by atoms with Gasteiger partial charge in [-0.1, -0.05) is 53.4 Å². The topological polar surface area (TPSA) is 12.5 Å². The molecule has 0 N–H and O–H groups in total. The summed E-state index contributed by atoms with van der Waals surface area (Å²) in [6, 6.07) is 0. The minimum absolute atomic E-state index is 0.408. The highest BCUT2D eigenvalue weighted by molar-refractivity contribution is 4.89. The summed E-state index contributed by atoms with van der Waals surface area (Å²) < 4.78 is 5.73. The van der Waals surface area contributed by atoms with E-state index in [1.807, 2.05) is 0 Å². The van der Waals surface area contributed by atoms with Gasteiger partial charge < -0.3 is 4.74 Å². The van der Waals surface area contributed by atoms with E-state index in [2.05, 4.69) is 45.4 Å². The molecular formula is C17H33NO. The number of nitrogens with zero attached hydrogens (tertiary/aromatic N) is 1. The molecule has 2 heteroatoms. The van der Waals surface area contributed by atoms with E-state index in [0.717, 1.165) is 38.1 Å². The number of terminal acetylenes is 1. The SMILES string of the molecule is C#CCN1CCO[C@@H](CCCC(C)C)C1.CC(C)C. The average Bonchev–Trinajstić information content (AvgIpc) is 2.28. The summed E-state index contributed by atoms with van der Waals surface area (Å²) >= 11 is 0. The fourth-order valence-corrected chi connectivity index (χ4v) is 1.98. The highest BCUT2D eigenvalue weighted by Gasteiger charge is 2.19. The molecule has 0 aromatic carbocycles. The molecule has 0 radical (unpaired) electrons. The molecule has 2 nitrogen and oxygen atoms in total. The standard InChI is InChI=1S/C13H23NO.C4H10/c1-4-8-14-9-10-15-13(11-14)7-5-6-12(2)3;1-4(2)3/h1,12-13H,5-11H2,2-3H3;4H,1-3H3/t13-;/m0./s1. The van der Waals surface area contributed by atoms with E-state index in [-0.39, 0.29) is 0 Å². The lowest BCUT2D eigenvalue weighted by molar-refractivity contribution is -0.0288. The average molecular weight is 267 g/mol. The van der Waals surface area contributed by atoms with Crippen LogP contribution in [0.2, 0.25) is 0 Å². The predicted molar refractivity (Wildman–Crippen MR) is 84.2 cm³/mol. The maximum Gasteiger partial charge on any atom is 0.0703 e. The van der Waals surface area contributed by atoms with Crippen LogP contribution in [0, 0.1) is 24.2 Å². The van der Waals surface area contributed by atoms with Crippen LogP contribution >= 0.6 is 0 Å². The van der Waals surface area contributed by atoms with Gasteiger partial charge in [-0.25, -0.2) is 0 Å². The van der Waals surface area contributed by atoms with Gasteiger partial charge in [0.2, 0.25) is 0 Å². The van der Waals surface area contributed by atoms with Crippen LogP contribution in [0.15, 0.2) is 0 Å². The molecule has 19 heavy (non-hydrogen) atoms. The van der Waals surface area contributed by atoms with E-state index in [4.69, 9.17) is 11.2 Å². The Morgan fingerprint density at radius 1 is 1.26 bits per heavy atom. The third kappa shape index (κ3) is 12.3. The molecule has 0 unspecified atom stereocenters. The number of ether oxygens (including phenoxy) is 1. The zero-order valence-corrected chi connectivity index (χ0v) is 13.6. The van der Waals surface area contributed by atoms with Crippen LogP contribution in [-0.4, -0.2) is 37.2 Å². The molecule has 0 spiro atoms. The summed E-state index contributed by atoms with van der Waals surface area (Å²) in [6.07, 6.45) is 9.47. The zero-order valence-electron chi connectivity index (χ0n) is 13.6. The molecule has 1 fully saturated rings. The van der Waals surface area contributed by atoms with Crippen LogP contribution in [0.4, 0.5) is 0 Å². The van der Waals surface area contributed by atoms with Gasteiger partial charge in [-0.3, -0.25) is 4.90 Å². The van der Waals surface area contributed by atoms with Gasteiger partial charge in [0.15, 0.2) is 0 Å². The smallest absolute Gasteiger partial charge is 0.0703 e. The molecule has 112 valence electrons. The second-order valence-corrected chi connectivity index (χ2v) is 6.49. The van der Waals surface area contributed by atoms with E-state index in [0.29, 0.717) is 6.10 Å². The summed E-state index contributed by atoms with van der Waals surface area (Å²) in [5, 5.41) is 0. The number of hydrogen-bond acceptors (Lipinski definition) is 2. The Morgan fingerprint density at radius 2 is 1.89 bits per heavy atom. The second-order valence-electron chi connectivity index (χ2n) is 6.49. The Kier molecular flexibility index (Phi) is 11.0. The minimum Gasteiger partial charge on any atom is -0.376 e. The van der Waals surface area contributed by atoms with Gasteiger partial charge in [-0.2, -0.15) is 0 Å². The molecule has 0 aromatic rings. The number of hydrogen-bond donors (Lipinski definition) is 0. The van der Waals surface area contributed by atoms with Crippen LogP contribution in [0.3, 0.4) is 0 Å². The van der Waals surface area contributed by atoms with E-state index < -0.39 is 0 Å². The van der Waals surface area contributed by atoms with Gasteiger partial charge >= 0.3 is 0 Å². The molecule has 1 saturated heterocycles. The van der Waals surface area contributed by atoms with E-state index >= 15 is 0 Å². The van der Waals surface area contributed by atoms with Crippen molar-refractivity contribution in [2.45, 2.75) is 60.0 Å². The Bertz CT molecular complexity index is 239. The lowest BCUT2D eigenvalue weighted by Crippen LogP contribution is -2.42. The van der Waals surface area contributed by atoms with Crippen molar-refractivity contribution >= 4 is 0 Å². The first-order chi connectivity index (χ1) is 8.95. The van der Waals surface area contributed by atoms with E-state index in [9.17, 15) is 0 Å². The number of morpholine rings is 1. The molecule has 1 rings (SSSR count). The summed E-state index contributed by atoms with van der Waals surface area (Å²) in [5.74, 6) is 4.34. The largest absolute Gasteiger partial charge is 0.376 e. The van der Waals surface area contributed by atoms with Crippen molar-refractivity contribution in [3.05, 3.63) is 0 Å². The fraction of sp³-hybridized carbons (Fsp3) is 0.882. The van der Waals surface area contributed by atoms with Crippen molar-refractivity contribution in [1.82, 2.24) is 4.90 Å². The van der Waals surface area contributed by atoms with Crippen LogP contribution in [0.5, 0.6) is 0 Å². The Hall–Kier alpha value is -0.520. The van der Waals surface area contributed by atoms with Crippen molar-refractivity contribution in [3.63, 3.8) is 0 Å². The monoisotopic (exact) mass is 267 g/mol. The van der Waals surface area contributed by atoms with Crippen molar-refractivity contribution in [2.75, 3.05) is 26.2 Å². The minimum atomic E-state index is 0.408. The van der Waals surface area contributed by atoms with Crippen LogP contribution < -0.4 is 0 Å². The molecule has 1 heterocycles. The van der Waals surface area contributed by atoms with Crippen molar-refractivity contribution < 1.29 is 4.74 Å². The first-order valence-corrected chi connectivity index (χ1v) is 7.73. The van der Waals surface area contributed by atoms with Gasteiger partial charge in [0.1, 0.15) is 0 Å².